The van der Waals surface area contributed by atoms with Gasteiger partial charge in [-0.1, -0.05) is 12.1 Å². The van der Waals surface area contributed by atoms with Crippen LogP contribution in [0.3, 0.4) is 0 Å². The third kappa shape index (κ3) is 5.43. The van der Waals surface area contributed by atoms with Crippen molar-refractivity contribution in [3.63, 3.8) is 0 Å². The normalized spacial score (nSPS) is 21.5. The fourth-order valence-corrected chi connectivity index (χ4v) is 7.57. The van der Waals surface area contributed by atoms with Crippen LogP contribution in [0, 0.1) is 11.2 Å². The summed E-state index contributed by atoms with van der Waals surface area (Å²) in [6, 6.07) is 10.5. The van der Waals surface area contributed by atoms with Gasteiger partial charge in [-0.2, -0.15) is 0 Å². The molecule has 1 spiro atoms. The summed E-state index contributed by atoms with van der Waals surface area (Å²) in [5.41, 5.74) is 7.76. The summed E-state index contributed by atoms with van der Waals surface area (Å²) in [5, 5.41) is 0. The van der Waals surface area contributed by atoms with Crippen molar-refractivity contribution in [3.05, 3.63) is 58.9 Å². The second-order valence-electron chi connectivity index (χ2n) is 11.8. The van der Waals surface area contributed by atoms with E-state index in [-0.39, 0.29) is 29.4 Å². The number of aldehydes is 2. The second kappa shape index (κ2) is 11.3. The van der Waals surface area contributed by atoms with Gasteiger partial charge in [-0.3, -0.25) is 19.4 Å². The third-order valence-electron chi connectivity index (χ3n) is 8.60. The molecule has 2 N–H and O–H groups in total. The van der Waals surface area contributed by atoms with Crippen molar-refractivity contribution < 1.29 is 23.6 Å². The molecule has 1 unspecified atom stereocenters. The molecule has 0 saturated carbocycles. The molecule has 2 aromatic rings. The topological polar surface area (TPSA) is 107 Å². The summed E-state index contributed by atoms with van der Waals surface area (Å²) >= 11 is 1.80. The monoisotopic (exact) mass is 579 g/mol. The fraction of sp³-hybridized carbons (Fsp3) is 0.467. The number of hydrogen-bond acceptors (Lipinski definition) is 9. The lowest BCUT2D eigenvalue weighted by Crippen LogP contribution is -2.72. The van der Waals surface area contributed by atoms with Gasteiger partial charge in [-0.05, 0) is 61.0 Å². The zero-order chi connectivity index (χ0) is 28.7. The van der Waals surface area contributed by atoms with Gasteiger partial charge < -0.3 is 20.2 Å². The lowest BCUT2D eigenvalue weighted by atomic mass is 9.72. The average Bonchev–Trinajstić information content (AvgIpc) is 3.15. The van der Waals surface area contributed by atoms with Crippen molar-refractivity contribution >= 4 is 42.0 Å². The molecule has 6 rings (SSSR count). The minimum atomic E-state index is -1.05. The molecule has 3 saturated heterocycles. The Morgan fingerprint density at radius 1 is 1.02 bits per heavy atom. The van der Waals surface area contributed by atoms with E-state index in [1.165, 1.54) is 16.5 Å². The third-order valence-corrected chi connectivity index (χ3v) is 9.69. The number of halogens is 1. The van der Waals surface area contributed by atoms with E-state index in [4.69, 9.17) is 5.73 Å². The molecule has 4 aliphatic rings. The van der Waals surface area contributed by atoms with E-state index >= 15 is 4.39 Å². The van der Waals surface area contributed by atoms with Crippen LogP contribution < -0.4 is 10.6 Å². The standard InChI is InChI=1S/C30H34FN5O4S/c31-26-12-24-25(29(40)36(28(24)39)22(15-38)4-2-10-37)13-27(26)34-18-30(19-34)16-33(17-30)14-20-3-1-5-23(11-20)41-35-8-6-21(32)7-9-35/h1,3,5,10-13,15,21-22H,2,4,6-9,14,16-19,32H2. The molecule has 41 heavy (non-hydrogen) atoms. The van der Waals surface area contributed by atoms with Gasteiger partial charge in [-0.15, -0.1) is 0 Å². The van der Waals surface area contributed by atoms with Crippen molar-refractivity contribution in [2.45, 2.75) is 49.2 Å². The Kier molecular flexibility index (Phi) is 7.71. The van der Waals surface area contributed by atoms with Crippen LogP contribution in [0.15, 0.2) is 41.3 Å². The molecule has 3 fully saturated rings. The van der Waals surface area contributed by atoms with Gasteiger partial charge >= 0.3 is 0 Å². The number of imide groups is 1. The number of carbonyl (C=O) groups is 4. The number of piperidine rings is 1. The Balaban J connectivity index is 1.04. The molecule has 4 aliphatic heterocycles. The zero-order valence-electron chi connectivity index (χ0n) is 22.8. The van der Waals surface area contributed by atoms with E-state index in [1.54, 1.807) is 11.9 Å². The average molecular weight is 580 g/mol. The summed E-state index contributed by atoms with van der Waals surface area (Å²) in [4.78, 5) is 54.5. The first kappa shape index (κ1) is 28.0. The van der Waals surface area contributed by atoms with Crippen molar-refractivity contribution in [1.29, 1.82) is 0 Å². The Labute approximate surface area is 242 Å². The molecule has 0 aromatic heterocycles. The van der Waals surface area contributed by atoms with Crippen LogP contribution in [0.2, 0.25) is 0 Å². The molecule has 2 aromatic carbocycles. The predicted molar refractivity (Wildman–Crippen MR) is 153 cm³/mol. The molecule has 2 amide bonds. The second-order valence-corrected chi connectivity index (χ2v) is 13.0. The SMILES string of the molecule is NC1CCN(Sc2cccc(CN3CC4(C3)CN(c3cc5c(cc3F)C(=O)N(C(C=O)CCC=O)C5=O)C4)c2)CC1. The number of benzene rings is 2. The lowest BCUT2D eigenvalue weighted by Gasteiger charge is -2.61. The largest absolute Gasteiger partial charge is 0.368 e. The maximum atomic E-state index is 15.1. The number of carbonyl (C=O) groups excluding carboxylic acids is 4. The first-order valence-electron chi connectivity index (χ1n) is 14.1. The van der Waals surface area contributed by atoms with Gasteiger partial charge in [0.15, 0.2) is 0 Å². The smallest absolute Gasteiger partial charge is 0.262 e. The molecule has 0 radical (unpaired) electrons. The lowest BCUT2D eigenvalue weighted by molar-refractivity contribution is -0.112. The first-order chi connectivity index (χ1) is 19.8. The van der Waals surface area contributed by atoms with Crippen LogP contribution in [0.5, 0.6) is 0 Å². The molecule has 0 bridgehead atoms. The number of nitrogens with zero attached hydrogens (tertiary/aromatic N) is 4. The highest BCUT2D eigenvalue weighted by Crippen LogP contribution is 2.44. The molecule has 11 heteroatoms. The van der Waals surface area contributed by atoms with Gasteiger partial charge in [0.25, 0.3) is 11.8 Å². The number of hydrogen-bond donors (Lipinski definition) is 1. The van der Waals surface area contributed by atoms with Gasteiger partial charge in [0.2, 0.25) is 0 Å². The first-order valence-corrected chi connectivity index (χ1v) is 14.9. The highest BCUT2D eigenvalue weighted by molar-refractivity contribution is 7.97. The van der Waals surface area contributed by atoms with Gasteiger partial charge in [-0.25, -0.2) is 8.70 Å². The number of fused-ring (bicyclic) bond motifs is 1. The molecule has 216 valence electrons. The number of amides is 2. The minimum absolute atomic E-state index is 0.0384. The highest BCUT2D eigenvalue weighted by Gasteiger charge is 2.52. The maximum Gasteiger partial charge on any atom is 0.262 e. The Morgan fingerprint density at radius 2 is 1.73 bits per heavy atom. The summed E-state index contributed by atoms with van der Waals surface area (Å²) in [5.74, 6) is -1.88. The Hall–Kier alpha value is -3.12. The molecule has 1 atom stereocenters. The van der Waals surface area contributed by atoms with Crippen molar-refractivity contribution in [3.8, 4) is 0 Å². The maximum absolute atomic E-state index is 15.1. The molecular weight excluding hydrogens is 545 g/mol. The van der Waals surface area contributed by atoms with Crippen molar-refractivity contribution in [2.24, 2.45) is 11.1 Å². The van der Waals surface area contributed by atoms with Crippen LogP contribution >= 0.6 is 11.9 Å². The fourth-order valence-electron chi connectivity index (χ4n) is 6.53. The minimum Gasteiger partial charge on any atom is -0.368 e. The van der Waals surface area contributed by atoms with Gasteiger partial charge in [0.1, 0.15) is 18.4 Å². The number of rotatable bonds is 10. The predicted octanol–water partition coefficient (Wildman–Crippen LogP) is 2.72. The van der Waals surface area contributed by atoms with E-state index in [0.717, 1.165) is 56.5 Å². The highest BCUT2D eigenvalue weighted by atomic mass is 32.2. The summed E-state index contributed by atoms with van der Waals surface area (Å²) in [6.07, 6.45) is 3.29. The van der Waals surface area contributed by atoms with Gasteiger partial charge in [0, 0.05) is 68.6 Å². The van der Waals surface area contributed by atoms with Crippen LogP contribution in [0.25, 0.3) is 0 Å². The van der Waals surface area contributed by atoms with Crippen molar-refractivity contribution in [1.82, 2.24) is 14.1 Å². The van der Waals surface area contributed by atoms with Crippen LogP contribution in [0.4, 0.5) is 10.1 Å². The molecular formula is C30H34FN5O4S. The van der Waals surface area contributed by atoms with Crippen LogP contribution in [-0.2, 0) is 16.1 Å². The summed E-state index contributed by atoms with van der Waals surface area (Å²) in [6.45, 7) is 6.07. The summed E-state index contributed by atoms with van der Waals surface area (Å²) in [7, 11) is 0. The van der Waals surface area contributed by atoms with E-state index in [9.17, 15) is 19.2 Å². The van der Waals surface area contributed by atoms with Crippen molar-refractivity contribution in [2.75, 3.05) is 44.2 Å². The molecule has 0 aliphatic carbocycles. The van der Waals surface area contributed by atoms with E-state index < -0.39 is 23.7 Å². The van der Waals surface area contributed by atoms with Gasteiger partial charge in [0.05, 0.1) is 22.9 Å². The van der Waals surface area contributed by atoms with Crippen LogP contribution in [-0.4, -0.2) is 89.8 Å². The molecule has 4 heterocycles. The van der Waals surface area contributed by atoms with Crippen LogP contribution in [0.1, 0.15) is 52.0 Å². The quantitative estimate of drug-likeness (QED) is 0.258. The number of likely N-dealkylation sites (tertiary alicyclic amines) is 1. The van der Waals surface area contributed by atoms with E-state index in [0.29, 0.717) is 37.4 Å². The van der Waals surface area contributed by atoms with E-state index in [2.05, 4.69) is 33.5 Å². The Bertz CT molecular complexity index is 1370. The number of anilines is 1. The zero-order valence-corrected chi connectivity index (χ0v) is 23.7. The molecule has 9 nitrogen and oxygen atoms in total. The Morgan fingerprint density at radius 3 is 2.41 bits per heavy atom. The summed E-state index contributed by atoms with van der Waals surface area (Å²) < 4.78 is 17.5. The number of nitrogens with two attached hydrogens (primary N) is 1. The van der Waals surface area contributed by atoms with E-state index in [1.807, 2.05) is 4.90 Å².